The summed E-state index contributed by atoms with van der Waals surface area (Å²) in [5.41, 5.74) is 0. The lowest BCUT2D eigenvalue weighted by molar-refractivity contribution is -0.123. The van der Waals surface area contributed by atoms with Gasteiger partial charge in [0.15, 0.2) is 0 Å². The van der Waals surface area contributed by atoms with Gasteiger partial charge in [0.2, 0.25) is 11.8 Å². The Balaban J connectivity index is 1.77. The highest BCUT2D eigenvalue weighted by molar-refractivity contribution is 6.31. The fourth-order valence-electron chi connectivity index (χ4n) is 3.64. The molecule has 2 amide bonds. The summed E-state index contributed by atoms with van der Waals surface area (Å²) in [5, 5.41) is 0.476. The van der Waals surface area contributed by atoms with Crippen LogP contribution in [0.5, 0.6) is 0 Å². The lowest BCUT2D eigenvalue weighted by Gasteiger charge is -2.16. The number of nitrogens with zero attached hydrogens (tertiary/aromatic N) is 2. The molecule has 19 heavy (non-hydrogen) atoms. The molecule has 5 heteroatoms. The molecule has 4 rings (SSSR count). The SMILES string of the molecule is O=C1[C@@H]2[C@H](C(=O)N1c1cc(Cl)ccn1)[C@H]1C=C[C@@H]2C1. The van der Waals surface area contributed by atoms with Crippen LogP contribution in [-0.4, -0.2) is 16.8 Å². The maximum atomic E-state index is 12.5. The maximum Gasteiger partial charge on any atom is 0.239 e. The number of aromatic nitrogens is 1. The number of anilines is 1. The highest BCUT2D eigenvalue weighted by atomic mass is 35.5. The molecule has 0 aromatic carbocycles. The van der Waals surface area contributed by atoms with Crippen LogP contribution in [-0.2, 0) is 9.59 Å². The second-order valence-electron chi connectivity index (χ2n) is 5.34. The first-order valence-electron chi connectivity index (χ1n) is 6.34. The van der Waals surface area contributed by atoms with E-state index in [9.17, 15) is 9.59 Å². The maximum absolute atomic E-state index is 12.5. The zero-order chi connectivity index (χ0) is 13.1. The van der Waals surface area contributed by atoms with Crippen molar-refractivity contribution in [3.8, 4) is 0 Å². The number of hydrogen-bond donors (Lipinski definition) is 0. The normalized spacial score (nSPS) is 35.3. The number of rotatable bonds is 1. The number of fused-ring (bicyclic) bond motifs is 5. The van der Waals surface area contributed by atoms with Gasteiger partial charge < -0.3 is 0 Å². The molecule has 96 valence electrons. The van der Waals surface area contributed by atoms with E-state index in [4.69, 9.17) is 11.6 Å². The Morgan fingerprint density at radius 1 is 1.16 bits per heavy atom. The quantitative estimate of drug-likeness (QED) is 0.582. The molecule has 2 fully saturated rings. The molecule has 1 aliphatic heterocycles. The Morgan fingerprint density at radius 2 is 1.79 bits per heavy atom. The van der Waals surface area contributed by atoms with Crippen LogP contribution in [0.15, 0.2) is 30.5 Å². The fourth-order valence-corrected chi connectivity index (χ4v) is 3.80. The van der Waals surface area contributed by atoms with Gasteiger partial charge in [0, 0.05) is 17.3 Å². The van der Waals surface area contributed by atoms with E-state index < -0.39 is 0 Å². The smallest absolute Gasteiger partial charge is 0.239 e. The van der Waals surface area contributed by atoms with E-state index in [0.717, 1.165) is 6.42 Å². The number of imide groups is 1. The van der Waals surface area contributed by atoms with Crippen LogP contribution in [0.1, 0.15) is 6.42 Å². The molecule has 0 spiro atoms. The Labute approximate surface area is 115 Å². The van der Waals surface area contributed by atoms with Crippen molar-refractivity contribution >= 4 is 29.2 Å². The van der Waals surface area contributed by atoms with Crippen molar-refractivity contribution in [2.75, 3.05) is 4.90 Å². The summed E-state index contributed by atoms with van der Waals surface area (Å²) in [5.74, 6) is 0.150. The number of pyridine rings is 1. The lowest BCUT2D eigenvalue weighted by Crippen LogP contribution is -2.33. The van der Waals surface area contributed by atoms with Crippen LogP contribution >= 0.6 is 11.6 Å². The van der Waals surface area contributed by atoms with E-state index in [-0.39, 0.29) is 35.5 Å². The summed E-state index contributed by atoms with van der Waals surface area (Å²) in [6.45, 7) is 0. The van der Waals surface area contributed by atoms with Gasteiger partial charge in [0.05, 0.1) is 11.8 Å². The van der Waals surface area contributed by atoms with Gasteiger partial charge in [-0.3, -0.25) is 9.59 Å². The minimum Gasteiger partial charge on any atom is -0.274 e. The summed E-state index contributed by atoms with van der Waals surface area (Å²) in [4.78, 5) is 30.3. The van der Waals surface area contributed by atoms with Crippen molar-refractivity contribution in [2.24, 2.45) is 23.7 Å². The lowest BCUT2D eigenvalue weighted by atomic mass is 9.85. The highest BCUT2D eigenvalue weighted by Crippen LogP contribution is 2.53. The summed E-state index contributed by atoms with van der Waals surface area (Å²) in [7, 11) is 0. The standard InChI is InChI=1S/C14H11ClN2O2/c15-9-3-4-16-10(6-9)17-13(18)11-7-1-2-8(5-7)12(11)14(17)19/h1-4,6-8,11-12H,5H2/t7-,8+,11+,12-. The summed E-state index contributed by atoms with van der Waals surface area (Å²) < 4.78 is 0. The molecular weight excluding hydrogens is 264 g/mol. The van der Waals surface area contributed by atoms with Gasteiger partial charge in [-0.2, -0.15) is 0 Å². The Hall–Kier alpha value is -1.68. The molecule has 1 aromatic rings. The molecule has 2 aliphatic carbocycles. The zero-order valence-corrected chi connectivity index (χ0v) is 10.7. The third-order valence-electron chi connectivity index (χ3n) is 4.41. The average Bonchev–Trinajstić information content (AvgIpc) is 3.04. The highest BCUT2D eigenvalue weighted by Gasteiger charge is 2.59. The average molecular weight is 275 g/mol. The van der Waals surface area contributed by atoms with E-state index >= 15 is 0 Å². The number of carbonyl (C=O) groups is 2. The van der Waals surface area contributed by atoms with E-state index in [1.807, 2.05) is 0 Å². The first kappa shape index (κ1) is 11.2. The zero-order valence-electron chi connectivity index (χ0n) is 9.99. The van der Waals surface area contributed by atoms with Gasteiger partial charge in [-0.15, -0.1) is 0 Å². The van der Waals surface area contributed by atoms with Gasteiger partial charge in [-0.1, -0.05) is 23.8 Å². The van der Waals surface area contributed by atoms with Crippen molar-refractivity contribution in [1.82, 2.24) is 4.98 Å². The van der Waals surface area contributed by atoms with E-state index in [1.54, 1.807) is 12.1 Å². The van der Waals surface area contributed by atoms with E-state index in [1.165, 1.54) is 11.1 Å². The van der Waals surface area contributed by atoms with Gasteiger partial charge in [-0.25, -0.2) is 9.88 Å². The monoisotopic (exact) mass is 274 g/mol. The van der Waals surface area contributed by atoms with Gasteiger partial charge >= 0.3 is 0 Å². The molecule has 3 aliphatic rings. The van der Waals surface area contributed by atoms with Gasteiger partial charge in [-0.05, 0) is 24.3 Å². The van der Waals surface area contributed by atoms with Crippen LogP contribution in [0, 0.1) is 23.7 Å². The van der Waals surface area contributed by atoms with Crippen LogP contribution in [0.3, 0.4) is 0 Å². The molecule has 4 atom stereocenters. The largest absolute Gasteiger partial charge is 0.274 e. The number of carbonyl (C=O) groups excluding carboxylic acids is 2. The molecular formula is C14H11ClN2O2. The Bertz CT molecular complexity index is 598. The number of hydrogen-bond acceptors (Lipinski definition) is 3. The minimum absolute atomic E-state index is 0.124. The third kappa shape index (κ3) is 1.38. The van der Waals surface area contributed by atoms with Gasteiger partial charge in [0.25, 0.3) is 0 Å². The molecule has 0 radical (unpaired) electrons. The molecule has 2 bridgehead atoms. The van der Waals surface area contributed by atoms with Crippen LogP contribution < -0.4 is 4.90 Å². The van der Waals surface area contributed by atoms with Crippen molar-refractivity contribution in [1.29, 1.82) is 0 Å². The molecule has 1 aromatic heterocycles. The second kappa shape index (κ2) is 3.67. The number of amides is 2. The number of allylic oxidation sites excluding steroid dienone is 2. The van der Waals surface area contributed by atoms with Crippen LogP contribution in [0.2, 0.25) is 5.02 Å². The van der Waals surface area contributed by atoms with E-state index in [0.29, 0.717) is 10.8 Å². The van der Waals surface area contributed by atoms with Crippen molar-refractivity contribution < 1.29 is 9.59 Å². The summed E-state index contributed by atoms with van der Waals surface area (Å²) >= 11 is 5.91. The summed E-state index contributed by atoms with van der Waals surface area (Å²) in [6.07, 6.45) is 6.60. The topological polar surface area (TPSA) is 50.3 Å². The van der Waals surface area contributed by atoms with Crippen molar-refractivity contribution in [3.05, 3.63) is 35.5 Å². The predicted octanol–water partition coefficient (Wildman–Crippen LogP) is 2.05. The van der Waals surface area contributed by atoms with Gasteiger partial charge in [0.1, 0.15) is 5.82 Å². The third-order valence-corrected chi connectivity index (χ3v) is 4.64. The van der Waals surface area contributed by atoms with Crippen molar-refractivity contribution in [3.63, 3.8) is 0 Å². The molecule has 4 nitrogen and oxygen atoms in total. The molecule has 1 saturated heterocycles. The Kier molecular flexibility index (Phi) is 2.16. The predicted molar refractivity (Wildman–Crippen MR) is 69.5 cm³/mol. The van der Waals surface area contributed by atoms with Crippen LogP contribution in [0.4, 0.5) is 5.82 Å². The molecule has 0 N–H and O–H groups in total. The van der Waals surface area contributed by atoms with E-state index in [2.05, 4.69) is 17.1 Å². The molecule has 2 heterocycles. The Morgan fingerprint density at radius 3 is 2.37 bits per heavy atom. The molecule has 1 saturated carbocycles. The fraction of sp³-hybridized carbons (Fsp3) is 0.357. The first-order valence-corrected chi connectivity index (χ1v) is 6.72. The number of halogens is 1. The molecule has 0 unspecified atom stereocenters. The first-order chi connectivity index (χ1) is 9.16. The summed E-state index contributed by atoms with van der Waals surface area (Å²) in [6, 6.07) is 3.19. The van der Waals surface area contributed by atoms with Crippen molar-refractivity contribution in [2.45, 2.75) is 6.42 Å². The van der Waals surface area contributed by atoms with Crippen LogP contribution in [0.25, 0.3) is 0 Å². The second-order valence-corrected chi connectivity index (χ2v) is 5.78. The minimum atomic E-state index is -0.191.